The van der Waals surface area contributed by atoms with Crippen LogP contribution in [0.3, 0.4) is 0 Å². The van der Waals surface area contributed by atoms with Crippen LogP contribution in [0.25, 0.3) is 10.4 Å². The molecule has 27 heavy (non-hydrogen) atoms. The number of azide groups is 1. The lowest BCUT2D eigenvalue weighted by molar-refractivity contribution is -0.784. The maximum absolute atomic E-state index is 10.8. The Morgan fingerprint density at radius 1 is 1.41 bits per heavy atom. The van der Waals surface area contributed by atoms with Gasteiger partial charge in [-0.3, -0.25) is 4.84 Å². The largest absolute Gasteiger partial charge is 0.370 e. The summed E-state index contributed by atoms with van der Waals surface area (Å²) in [6.45, 7) is 3.80. The summed E-state index contributed by atoms with van der Waals surface area (Å²) in [5.41, 5.74) is 9.82. The van der Waals surface area contributed by atoms with Crippen LogP contribution in [0.4, 0.5) is 0 Å². The molecule has 1 aromatic rings. The standard InChI is InChI=1S/C16H20N4O7/c1-16(2)24-9-11-13(26-16)14(23-8-10-6-4-3-5-7-10)12(18-19-17)15(25-11)27-20(21)22/h3-7,11-15H,8-9H2,1-2H3/t11-,12+,13-,14-,15-/m1/s1. The molecule has 0 radical (unpaired) electrons. The van der Waals surface area contributed by atoms with Gasteiger partial charge in [-0.05, 0) is 24.9 Å². The molecule has 5 atom stereocenters. The summed E-state index contributed by atoms with van der Waals surface area (Å²) in [6, 6.07) is 8.24. The molecule has 0 amide bonds. The summed E-state index contributed by atoms with van der Waals surface area (Å²) in [5.74, 6) is -0.906. The molecule has 2 aliphatic rings. The van der Waals surface area contributed by atoms with E-state index in [0.717, 1.165) is 5.56 Å². The zero-order chi connectivity index (χ0) is 19.4. The molecule has 0 N–H and O–H groups in total. The van der Waals surface area contributed by atoms with Gasteiger partial charge in [0.15, 0.2) is 5.79 Å². The third kappa shape index (κ3) is 4.65. The van der Waals surface area contributed by atoms with Gasteiger partial charge in [0.25, 0.3) is 5.09 Å². The van der Waals surface area contributed by atoms with Crippen LogP contribution >= 0.6 is 0 Å². The van der Waals surface area contributed by atoms with Gasteiger partial charge in [-0.2, -0.15) is 0 Å². The molecule has 2 aliphatic heterocycles. The van der Waals surface area contributed by atoms with Crippen molar-refractivity contribution in [1.29, 1.82) is 0 Å². The van der Waals surface area contributed by atoms with Crippen molar-refractivity contribution in [2.75, 3.05) is 6.61 Å². The Balaban J connectivity index is 1.86. The third-order valence-corrected chi connectivity index (χ3v) is 4.29. The molecule has 0 unspecified atom stereocenters. The first-order valence-electron chi connectivity index (χ1n) is 8.38. The minimum Gasteiger partial charge on any atom is -0.370 e. The SMILES string of the molecule is CC1(C)OC[C@H]2O[C@H](O[N+](=O)[O-])[C@@H](N=[N+]=[N-])[C@@H](OCc3ccccc3)[C@@H]2O1. The Hall–Kier alpha value is -2.43. The highest BCUT2D eigenvalue weighted by Gasteiger charge is 2.53. The third-order valence-electron chi connectivity index (χ3n) is 4.29. The molecular weight excluding hydrogens is 360 g/mol. The van der Waals surface area contributed by atoms with Crippen LogP contribution in [0, 0.1) is 10.1 Å². The summed E-state index contributed by atoms with van der Waals surface area (Å²) in [7, 11) is 0. The van der Waals surface area contributed by atoms with E-state index < -0.39 is 41.5 Å². The van der Waals surface area contributed by atoms with Gasteiger partial charge in [-0.1, -0.05) is 35.4 Å². The number of nitrogens with zero attached hydrogens (tertiary/aromatic N) is 4. The summed E-state index contributed by atoms with van der Waals surface area (Å²) in [6.07, 6.45) is -3.58. The van der Waals surface area contributed by atoms with E-state index in [1.165, 1.54) is 0 Å². The lowest BCUT2D eigenvalue weighted by Crippen LogP contribution is -2.65. The number of rotatable bonds is 6. The molecule has 2 saturated heterocycles. The predicted molar refractivity (Wildman–Crippen MR) is 89.6 cm³/mol. The van der Waals surface area contributed by atoms with Crippen LogP contribution in [0.15, 0.2) is 35.4 Å². The van der Waals surface area contributed by atoms with Gasteiger partial charge in [0.05, 0.1) is 19.3 Å². The Labute approximate surface area is 154 Å². The normalized spacial score (nSPS) is 32.0. The van der Waals surface area contributed by atoms with Gasteiger partial charge in [0.2, 0.25) is 6.29 Å². The van der Waals surface area contributed by atoms with E-state index in [1.807, 2.05) is 30.3 Å². The molecule has 2 heterocycles. The van der Waals surface area contributed by atoms with Crippen molar-refractivity contribution in [1.82, 2.24) is 0 Å². The first-order valence-corrected chi connectivity index (χ1v) is 8.38. The first kappa shape index (κ1) is 19.3. The fraction of sp³-hybridized carbons (Fsp3) is 0.625. The predicted octanol–water partition coefficient (Wildman–Crippen LogP) is 2.34. The van der Waals surface area contributed by atoms with Crippen LogP contribution in [0.5, 0.6) is 0 Å². The molecule has 146 valence electrons. The summed E-state index contributed by atoms with van der Waals surface area (Å²) >= 11 is 0. The number of ether oxygens (including phenoxy) is 4. The first-order chi connectivity index (χ1) is 12.9. The molecule has 0 aliphatic carbocycles. The zero-order valence-corrected chi connectivity index (χ0v) is 14.8. The zero-order valence-electron chi connectivity index (χ0n) is 14.8. The van der Waals surface area contributed by atoms with Crippen molar-refractivity contribution < 1.29 is 28.9 Å². The van der Waals surface area contributed by atoms with E-state index >= 15 is 0 Å². The van der Waals surface area contributed by atoms with Crippen LogP contribution < -0.4 is 0 Å². The van der Waals surface area contributed by atoms with Gasteiger partial charge in [0.1, 0.15) is 18.2 Å². The fourth-order valence-electron chi connectivity index (χ4n) is 3.12. The lowest BCUT2D eigenvalue weighted by atomic mass is 9.95. The highest BCUT2D eigenvalue weighted by atomic mass is 17.0. The minimum atomic E-state index is -1.42. The second-order valence-corrected chi connectivity index (χ2v) is 6.62. The highest BCUT2D eigenvalue weighted by molar-refractivity contribution is 5.13. The number of hydrogen-bond donors (Lipinski definition) is 0. The van der Waals surface area contributed by atoms with E-state index in [-0.39, 0.29) is 13.2 Å². The van der Waals surface area contributed by atoms with Crippen LogP contribution in [-0.2, 0) is 30.4 Å². The lowest BCUT2D eigenvalue weighted by Gasteiger charge is -2.49. The topological polar surface area (TPSA) is 138 Å². The van der Waals surface area contributed by atoms with Crippen molar-refractivity contribution in [2.24, 2.45) is 5.11 Å². The molecule has 11 heteroatoms. The van der Waals surface area contributed by atoms with Crippen LogP contribution in [-0.4, -0.2) is 48.1 Å². The Morgan fingerprint density at radius 3 is 2.81 bits per heavy atom. The molecule has 0 spiro atoms. The van der Waals surface area contributed by atoms with Gasteiger partial charge in [0, 0.05) is 4.91 Å². The van der Waals surface area contributed by atoms with Gasteiger partial charge in [-0.25, -0.2) is 0 Å². The minimum absolute atomic E-state index is 0.128. The number of hydrogen-bond acceptors (Lipinski definition) is 8. The second-order valence-electron chi connectivity index (χ2n) is 6.62. The van der Waals surface area contributed by atoms with Gasteiger partial charge in [-0.15, -0.1) is 10.1 Å². The summed E-state index contributed by atoms with van der Waals surface area (Å²) in [4.78, 5) is 18.2. The average molecular weight is 380 g/mol. The van der Waals surface area contributed by atoms with Gasteiger partial charge >= 0.3 is 0 Å². The van der Waals surface area contributed by atoms with Crippen molar-refractivity contribution in [3.63, 3.8) is 0 Å². The van der Waals surface area contributed by atoms with Gasteiger partial charge < -0.3 is 18.9 Å². The van der Waals surface area contributed by atoms with Crippen molar-refractivity contribution >= 4 is 0 Å². The van der Waals surface area contributed by atoms with E-state index in [9.17, 15) is 10.1 Å². The van der Waals surface area contributed by atoms with E-state index in [0.29, 0.717) is 0 Å². The molecule has 0 saturated carbocycles. The van der Waals surface area contributed by atoms with E-state index in [2.05, 4.69) is 14.9 Å². The quantitative estimate of drug-likeness (QED) is 0.243. The Morgan fingerprint density at radius 2 is 2.15 bits per heavy atom. The Bertz CT molecular complexity index is 710. The molecule has 2 fully saturated rings. The number of benzene rings is 1. The van der Waals surface area contributed by atoms with Crippen LogP contribution in [0.1, 0.15) is 19.4 Å². The molecular formula is C16H20N4O7. The highest BCUT2D eigenvalue weighted by Crippen LogP contribution is 2.35. The average Bonchev–Trinajstić information content (AvgIpc) is 2.62. The maximum Gasteiger partial charge on any atom is 0.297 e. The smallest absolute Gasteiger partial charge is 0.297 e. The molecule has 11 nitrogen and oxygen atoms in total. The Kier molecular flexibility index (Phi) is 5.78. The molecule has 3 rings (SSSR count). The fourth-order valence-corrected chi connectivity index (χ4v) is 3.12. The van der Waals surface area contributed by atoms with Crippen molar-refractivity contribution in [3.8, 4) is 0 Å². The number of fused-ring (bicyclic) bond motifs is 1. The van der Waals surface area contributed by atoms with Crippen molar-refractivity contribution in [3.05, 3.63) is 56.5 Å². The van der Waals surface area contributed by atoms with Crippen molar-refractivity contribution in [2.45, 2.75) is 56.9 Å². The molecule has 1 aromatic carbocycles. The summed E-state index contributed by atoms with van der Waals surface area (Å²) in [5, 5.41) is 13.5. The molecule has 0 aromatic heterocycles. The maximum atomic E-state index is 10.8. The molecule has 0 bridgehead atoms. The summed E-state index contributed by atoms with van der Waals surface area (Å²) < 4.78 is 23.1. The van der Waals surface area contributed by atoms with E-state index in [1.54, 1.807) is 13.8 Å². The van der Waals surface area contributed by atoms with Crippen LogP contribution in [0.2, 0.25) is 0 Å². The second kappa shape index (κ2) is 8.07. The monoisotopic (exact) mass is 380 g/mol. The van der Waals surface area contributed by atoms with E-state index in [4.69, 9.17) is 24.5 Å².